The monoisotopic (exact) mass is 293 g/mol. The van der Waals surface area contributed by atoms with Gasteiger partial charge < -0.3 is 10.5 Å². The molecular formula is C15H23N3O3. The Balaban J connectivity index is 1.97. The van der Waals surface area contributed by atoms with Crippen molar-refractivity contribution in [3.8, 4) is 0 Å². The molecule has 0 spiro atoms. The second kappa shape index (κ2) is 7.38. The highest BCUT2D eigenvalue weighted by Gasteiger charge is 2.21. The molecule has 1 aromatic carbocycles. The van der Waals surface area contributed by atoms with Crippen molar-refractivity contribution in [3.05, 3.63) is 33.9 Å². The molecule has 2 rings (SSSR count). The third-order valence-electron chi connectivity index (χ3n) is 3.72. The number of nitro groups is 1. The Bertz CT molecular complexity index is 493. The fraction of sp³-hybridized carbons (Fsp3) is 0.600. The maximum atomic E-state index is 10.9. The van der Waals surface area contributed by atoms with Crippen LogP contribution in [0.4, 0.5) is 11.4 Å². The van der Waals surface area contributed by atoms with Crippen LogP contribution in [-0.2, 0) is 11.3 Å². The molecule has 0 aromatic heterocycles. The average molecular weight is 293 g/mol. The van der Waals surface area contributed by atoms with Crippen LogP contribution >= 0.6 is 0 Å². The van der Waals surface area contributed by atoms with Crippen LogP contribution in [0.5, 0.6) is 0 Å². The largest absolute Gasteiger partial charge is 0.393 e. The number of hydrogen-bond acceptors (Lipinski definition) is 5. The van der Waals surface area contributed by atoms with Crippen molar-refractivity contribution in [2.45, 2.75) is 38.8 Å². The lowest BCUT2D eigenvalue weighted by Gasteiger charge is -2.32. The third kappa shape index (κ3) is 4.41. The first-order valence-corrected chi connectivity index (χ1v) is 7.47. The summed E-state index contributed by atoms with van der Waals surface area (Å²) in [5.41, 5.74) is 6.75. The van der Waals surface area contributed by atoms with E-state index in [2.05, 4.69) is 11.8 Å². The van der Waals surface area contributed by atoms with Gasteiger partial charge in [-0.15, -0.1) is 0 Å². The molecule has 0 bridgehead atoms. The molecule has 1 fully saturated rings. The number of nitrogens with two attached hydrogens (primary N) is 1. The van der Waals surface area contributed by atoms with Crippen LogP contribution < -0.4 is 5.73 Å². The van der Waals surface area contributed by atoms with Crippen LogP contribution in [-0.4, -0.2) is 35.6 Å². The molecule has 1 aromatic rings. The van der Waals surface area contributed by atoms with Crippen LogP contribution in [0, 0.1) is 10.1 Å². The molecule has 1 heterocycles. The number of nitrogen functional groups attached to an aromatic ring is 1. The minimum absolute atomic E-state index is 0.0108. The van der Waals surface area contributed by atoms with E-state index >= 15 is 0 Å². The first-order valence-electron chi connectivity index (χ1n) is 7.47. The van der Waals surface area contributed by atoms with Crippen LogP contribution in [0.25, 0.3) is 0 Å². The summed E-state index contributed by atoms with van der Waals surface area (Å²) in [6.45, 7) is 5.50. The first kappa shape index (κ1) is 15.7. The van der Waals surface area contributed by atoms with Gasteiger partial charge in [0.1, 0.15) is 5.69 Å². The van der Waals surface area contributed by atoms with E-state index in [-0.39, 0.29) is 17.5 Å². The van der Waals surface area contributed by atoms with Gasteiger partial charge in [0.05, 0.1) is 11.0 Å². The summed E-state index contributed by atoms with van der Waals surface area (Å²) in [5, 5.41) is 10.9. The van der Waals surface area contributed by atoms with Gasteiger partial charge in [0.25, 0.3) is 5.69 Å². The van der Waals surface area contributed by atoms with E-state index in [0.717, 1.165) is 44.5 Å². The van der Waals surface area contributed by atoms with Crippen molar-refractivity contribution in [1.82, 2.24) is 4.90 Å². The van der Waals surface area contributed by atoms with Gasteiger partial charge in [-0.2, -0.15) is 0 Å². The molecule has 1 aliphatic heterocycles. The Morgan fingerprint density at radius 3 is 3.05 bits per heavy atom. The Morgan fingerprint density at radius 2 is 2.33 bits per heavy atom. The minimum Gasteiger partial charge on any atom is -0.393 e. The van der Waals surface area contributed by atoms with Gasteiger partial charge in [-0.25, -0.2) is 0 Å². The molecule has 116 valence electrons. The van der Waals surface area contributed by atoms with Crippen molar-refractivity contribution in [2.75, 3.05) is 25.4 Å². The molecule has 1 saturated heterocycles. The summed E-state index contributed by atoms with van der Waals surface area (Å²) >= 11 is 0. The molecule has 1 unspecified atom stereocenters. The summed E-state index contributed by atoms with van der Waals surface area (Å²) < 4.78 is 5.81. The van der Waals surface area contributed by atoms with Crippen molar-refractivity contribution in [3.63, 3.8) is 0 Å². The smallest absolute Gasteiger partial charge is 0.292 e. The normalized spacial score (nSPS) is 19.6. The first-order chi connectivity index (χ1) is 10.1. The van der Waals surface area contributed by atoms with Crippen molar-refractivity contribution in [2.24, 2.45) is 0 Å². The number of piperidine rings is 1. The molecule has 6 nitrogen and oxygen atoms in total. The van der Waals surface area contributed by atoms with E-state index in [1.54, 1.807) is 12.1 Å². The van der Waals surface area contributed by atoms with E-state index in [1.807, 2.05) is 6.07 Å². The number of ether oxygens (including phenoxy) is 1. The molecule has 21 heavy (non-hydrogen) atoms. The fourth-order valence-electron chi connectivity index (χ4n) is 2.68. The van der Waals surface area contributed by atoms with Gasteiger partial charge in [-0.05, 0) is 37.4 Å². The number of rotatable bonds is 6. The molecule has 1 aliphatic rings. The highest BCUT2D eigenvalue weighted by Crippen LogP contribution is 2.24. The predicted molar refractivity (Wildman–Crippen MR) is 82.1 cm³/mol. The van der Waals surface area contributed by atoms with Gasteiger partial charge >= 0.3 is 0 Å². The molecule has 0 aliphatic carbocycles. The zero-order valence-electron chi connectivity index (χ0n) is 12.5. The number of hydrogen-bond donors (Lipinski definition) is 1. The predicted octanol–water partition coefficient (Wildman–Crippen LogP) is 2.57. The zero-order valence-corrected chi connectivity index (χ0v) is 12.5. The topological polar surface area (TPSA) is 81.6 Å². The number of anilines is 1. The fourth-order valence-corrected chi connectivity index (χ4v) is 2.68. The summed E-state index contributed by atoms with van der Waals surface area (Å²) in [4.78, 5) is 12.8. The van der Waals surface area contributed by atoms with Crippen molar-refractivity contribution in [1.29, 1.82) is 0 Å². The average Bonchev–Trinajstić information content (AvgIpc) is 2.47. The quantitative estimate of drug-likeness (QED) is 0.495. The van der Waals surface area contributed by atoms with Crippen molar-refractivity contribution >= 4 is 11.4 Å². The lowest BCUT2D eigenvalue weighted by atomic mass is 10.1. The number of nitrogens with zero attached hydrogens (tertiary/aromatic N) is 2. The second-order valence-electron chi connectivity index (χ2n) is 5.52. The Morgan fingerprint density at radius 1 is 1.52 bits per heavy atom. The van der Waals surface area contributed by atoms with Gasteiger partial charge in [-0.1, -0.05) is 13.0 Å². The van der Waals surface area contributed by atoms with Crippen LogP contribution in [0.2, 0.25) is 0 Å². The van der Waals surface area contributed by atoms with Gasteiger partial charge in [0, 0.05) is 25.8 Å². The standard InChI is InChI=1S/C15H23N3O3/c1-2-8-21-13-4-3-7-17(11-13)10-12-5-6-14(16)15(9-12)18(19)20/h5-6,9,13H,2-4,7-8,10-11,16H2,1H3. The SMILES string of the molecule is CCCOC1CCCN(Cc2ccc(N)c([N+](=O)[O-])c2)C1. The highest BCUT2D eigenvalue weighted by molar-refractivity contribution is 5.59. The van der Waals surface area contributed by atoms with Crippen LogP contribution in [0.3, 0.4) is 0 Å². The summed E-state index contributed by atoms with van der Waals surface area (Å²) in [6, 6.07) is 5.05. The maximum Gasteiger partial charge on any atom is 0.292 e. The lowest BCUT2D eigenvalue weighted by Crippen LogP contribution is -2.39. The number of benzene rings is 1. The minimum atomic E-state index is -0.428. The molecule has 2 N–H and O–H groups in total. The summed E-state index contributed by atoms with van der Waals surface area (Å²) in [6.07, 6.45) is 3.51. The summed E-state index contributed by atoms with van der Waals surface area (Å²) in [7, 11) is 0. The van der Waals surface area contributed by atoms with Gasteiger partial charge in [0.2, 0.25) is 0 Å². The van der Waals surface area contributed by atoms with E-state index < -0.39 is 4.92 Å². The highest BCUT2D eigenvalue weighted by atomic mass is 16.6. The Hall–Kier alpha value is -1.66. The number of likely N-dealkylation sites (tertiary alicyclic amines) is 1. The zero-order chi connectivity index (χ0) is 15.2. The van der Waals surface area contributed by atoms with Crippen LogP contribution in [0.15, 0.2) is 18.2 Å². The van der Waals surface area contributed by atoms with E-state index in [0.29, 0.717) is 6.54 Å². The molecule has 0 radical (unpaired) electrons. The van der Waals surface area contributed by atoms with E-state index in [9.17, 15) is 10.1 Å². The van der Waals surface area contributed by atoms with Crippen molar-refractivity contribution < 1.29 is 9.66 Å². The molecule has 0 amide bonds. The van der Waals surface area contributed by atoms with Gasteiger partial charge in [0.15, 0.2) is 0 Å². The van der Waals surface area contributed by atoms with E-state index in [4.69, 9.17) is 10.5 Å². The number of nitro benzene ring substituents is 1. The summed E-state index contributed by atoms with van der Waals surface area (Å²) in [5.74, 6) is 0. The van der Waals surface area contributed by atoms with Gasteiger partial charge in [-0.3, -0.25) is 15.0 Å². The Kier molecular flexibility index (Phi) is 5.52. The Labute approximate surface area is 125 Å². The molecule has 6 heteroatoms. The lowest BCUT2D eigenvalue weighted by molar-refractivity contribution is -0.384. The second-order valence-corrected chi connectivity index (χ2v) is 5.52. The van der Waals surface area contributed by atoms with Crippen LogP contribution in [0.1, 0.15) is 31.7 Å². The maximum absolute atomic E-state index is 10.9. The molecule has 0 saturated carbocycles. The molecule has 1 atom stereocenters. The molecular weight excluding hydrogens is 270 g/mol. The van der Waals surface area contributed by atoms with E-state index in [1.165, 1.54) is 0 Å². The third-order valence-corrected chi connectivity index (χ3v) is 3.72.